The molecule has 2 aromatic heterocycles. The number of sulfonamides is 1. The molecule has 1 saturated heterocycles. The highest BCUT2D eigenvalue weighted by molar-refractivity contribution is 7.88. The SMILES string of the molecule is Cc1nc(CC(=O)N2CCN(S(=O)(=O)c3ncn[nH]3)CC2)c(C)s1. The van der Waals surface area contributed by atoms with Gasteiger partial charge in [-0.25, -0.2) is 23.5 Å². The van der Waals surface area contributed by atoms with E-state index in [4.69, 9.17) is 0 Å². The Labute approximate surface area is 143 Å². The lowest BCUT2D eigenvalue weighted by Crippen LogP contribution is -2.51. The molecule has 130 valence electrons. The first-order valence-corrected chi connectivity index (χ1v) is 9.70. The third-order valence-electron chi connectivity index (χ3n) is 3.89. The van der Waals surface area contributed by atoms with Crippen LogP contribution < -0.4 is 0 Å². The number of aromatic amines is 1. The van der Waals surface area contributed by atoms with Crippen LogP contribution in [0.3, 0.4) is 0 Å². The Morgan fingerprint density at radius 1 is 1.29 bits per heavy atom. The van der Waals surface area contributed by atoms with Crippen molar-refractivity contribution in [2.24, 2.45) is 0 Å². The average molecular weight is 370 g/mol. The van der Waals surface area contributed by atoms with E-state index in [9.17, 15) is 13.2 Å². The number of carbonyl (C=O) groups excluding carboxylic acids is 1. The number of aryl methyl sites for hydroxylation is 2. The van der Waals surface area contributed by atoms with Crippen molar-refractivity contribution in [2.75, 3.05) is 26.2 Å². The van der Waals surface area contributed by atoms with Crippen molar-refractivity contribution in [1.29, 1.82) is 0 Å². The zero-order chi connectivity index (χ0) is 17.3. The third kappa shape index (κ3) is 3.32. The number of rotatable bonds is 4. The number of carbonyl (C=O) groups is 1. The molecule has 1 amide bonds. The molecular weight excluding hydrogens is 352 g/mol. The Kier molecular flexibility index (Phi) is 4.65. The number of amides is 1. The minimum absolute atomic E-state index is 0.0277. The number of nitrogens with zero attached hydrogens (tertiary/aromatic N) is 5. The fraction of sp³-hybridized carbons (Fsp3) is 0.538. The van der Waals surface area contributed by atoms with E-state index in [2.05, 4.69) is 20.2 Å². The standard InChI is InChI=1S/C13H18N6O3S2/c1-9-11(16-10(2)23-9)7-12(20)18-3-5-19(6-4-18)24(21,22)13-14-8-15-17-13/h8H,3-7H2,1-2H3,(H,14,15,17). The van der Waals surface area contributed by atoms with Gasteiger partial charge in [-0.15, -0.1) is 11.3 Å². The van der Waals surface area contributed by atoms with Crippen LogP contribution in [0, 0.1) is 13.8 Å². The number of piperazine rings is 1. The molecule has 1 aliphatic rings. The van der Waals surface area contributed by atoms with Crippen molar-refractivity contribution in [3.05, 3.63) is 21.9 Å². The highest BCUT2D eigenvalue weighted by Gasteiger charge is 2.32. The van der Waals surface area contributed by atoms with Crippen molar-refractivity contribution in [2.45, 2.75) is 25.4 Å². The maximum absolute atomic E-state index is 12.4. The summed E-state index contributed by atoms with van der Waals surface area (Å²) in [6.07, 6.45) is 1.41. The molecule has 0 radical (unpaired) electrons. The highest BCUT2D eigenvalue weighted by Crippen LogP contribution is 2.18. The number of nitrogens with one attached hydrogen (secondary N) is 1. The molecule has 9 nitrogen and oxygen atoms in total. The van der Waals surface area contributed by atoms with Crippen molar-refractivity contribution < 1.29 is 13.2 Å². The first-order valence-electron chi connectivity index (χ1n) is 7.44. The van der Waals surface area contributed by atoms with Gasteiger partial charge in [0.1, 0.15) is 6.33 Å². The molecule has 0 bridgehead atoms. The summed E-state index contributed by atoms with van der Waals surface area (Å²) in [4.78, 5) is 23.2. The molecule has 0 aliphatic carbocycles. The summed E-state index contributed by atoms with van der Waals surface area (Å²) in [7, 11) is -3.67. The number of aromatic nitrogens is 4. The molecule has 0 unspecified atom stereocenters. The molecule has 0 aromatic carbocycles. The summed E-state index contributed by atoms with van der Waals surface area (Å²) < 4.78 is 26.0. The smallest absolute Gasteiger partial charge is 0.278 e. The second kappa shape index (κ2) is 6.57. The van der Waals surface area contributed by atoms with Crippen LogP contribution >= 0.6 is 11.3 Å². The predicted octanol–water partition coefficient (Wildman–Crippen LogP) is -0.0464. The molecule has 1 fully saturated rings. The predicted molar refractivity (Wildman–Crippen MR) is 87.0 cm³/mol. The van der Waals surface area contributed by atoms with Crippen molar-refractivity contribution in [3.8, 4) is 0 Å². The minimum atomic E-state index is -3.67. The molecule has 3 heterocycles. The molecule has 24 heavy (non-hydrogen) atoms. The number of hydrogen-bond acceptors (Lipinski definition) is 7. The van der Waals surface area contributed by atoms with Crippen LogP contribution in [0.15, 0.2) is 11.5 Å². The topological polar surface area (TPSA) is 112 Å². The molecule has 1 aliphatic heterocycles. The van der Waals surface area contributed by atoms with Gasteiger partial charge in [0, 0.05) is 31.1 Å². The van der Waals surface area contributed by atoms with E-state index in [0.717, 1.165) is 21.9 Å². The minimum Gasteiger partial charge on any atom is -0.340 e. The molecule has 11 heteroatoms. The zero-order valence-electron chi connectivity index (χ0n) is 13.4. The van der Waals surface area contributed by atoms with E-state index in [0.29, 0.717) is 13.1 Å². The van der Waals surface area contributed by atoms with Crippen LogP contribution in [-0.4, -0.2) is 69.9 Å². The van der Waals surface area contributed by atoms with Gasteiger partial charge >= 0.3 is 0 Å². The van der Waals surface area contributed by atoms with Crippen LogP contribution in [0.2, 0.25) is 0 Å². The first kappa shape index (κ1) is 17.0. The second-order valence-electron chi connectivity index (χ2n) is 5.49. The van der Waals surface area contributed by atoms with Crippen LogP contribution in [0.25, 0.3) is 0 Å². The van der Waals surface area contributed by atoms with Crippen LogP contribution in [0.4, 0.5) is 0 Å². The zero-order valence-corrected chi connectivity index (χ0v) is 15.0. The van der Waals surface area contributed by atoms with Gasteiger partial charge in [0.05, 0.1) is 17.1 Å². The van der Waals surface area contributed by atoms with Crippen LogP contribution in [0.1, 0.15) is 15.6 Å². The Morgan fingerprint density at radius 2 is 2.00 bits per heavy atom. The molecule has 0 saturated carbocycles. The normalized spacial score (nSPS) is 16.5. The maximum atomic E-state index is 12.4. The second-order valence-corrected chi connectivity index (χ2v) is 8.75. The van der Waals surface area contributed by atoms with Gasteiger partial charge in [0.15, 0.2) is 0 Å². The van der Waals surface area contributed by atoms with E-state index >= 15 is 0 Å². The van der Waals surface area contributed by atoms with E-state index in [-0.39, 0.29) is 30.6 Å². The molecule has 1 N–H and O–H groups in total. The molecule has 0 spiro atoms. The van der Waals surface area contributed by atoms with Gasteiger partial charge in [-0.1, -0.05) is 0 Å². The van der Waals surface area contributed by atoms with Gasteiger partial charge < -0.3 is 4.90 Å². The summed E-state index contributed by atoms with van der Waals surface area (Å²) >= 11 is 1.57. The van der Waals surface area contributed by atoms with Crippen molar-refractivity contribution >= 4 is 27.3 Å². The Morgan fingerprint density at radius 3 is 2.54 bits per heavy atom. The van der Waals surface area contributed by atoms with Gasteiger partial charge in [0.25, 0.3) is 15.2 Å². The van der Waals surface area contributed by atoms with E-state index in [1.54, 1.807) is 16.2 Å². The van der Waals surface area contributed by atoms with E-state index in [1.807, 2.05) is 13.8 Å². The van der Waals surface area contributed by atoms with Crippen LogP contribution in [0.5, 0.6) is 0 Å². The fourth-order valence-corrected chi connectivity index (χ4v) is 4.68. The summed E-state index contributed by atoms with van der Waals surface area (Å²) in [5, 5.41) is 6.71. The van der Waals surface area contributed by atoms with Crippen molar-refractivity contribution in [1.82, 2.24) is 29.4 Å². The molecular formula is C13H18N6O3S2. The first-order chi connectivity index (χ1) is 11.4. The molecule has 2 aromatic rings. The number of hydrogen-bond donors (Lipinski definition) is 1. The van der Waals surface area contributed by atoms with Gasteiger partial charge in [0.2, 0.25) is 5.91 Å². The molecule has 3 rings (SSSR count). The summed E-state index contributed by atoms with van der Waals surface area (Å²) in [5.74, 6) is -0.0277. The maximum Gasteiger partial charge on any atom is 0.278 e. The Bertz CT molecular complexity index is 822. The average Bonchev–Trinajstić information content (AvgIpc) is 3.18. The molecule has 0 atom stereocenters. The third-order valence-corrected chi connectivity index (χ3v) is 6.55. The van der Waals surface area contributed by atoms with Gasteiger partial charge in [-0.05, 0) is 13.8 Å². The quantitative estimate of drug-likeness (QED) is 0.808. The lowest BCUT2D eigenvalue weighted by Gasteiger charge is -2.33. The lowest BCUT2D eigenvalue weighted by atomic mass is 10.2. The summed E-state index contributed by atoms with van der Waals surface area (Å²) in [6.45, 7) is 5.06. The number of H-pyrrole nitrogens is 1. The Hall–Kier alpha value is -1.85. The van der Waals surface area contributed by atoms with Gasteiger partial charge in [-0.3, -0.25) is 4.79 Å². The van der Waals surface area contributed by atoms with E-state index < -0.39 is 10.0 Å². The Balaban J connectivity index is 1.61. The van der Waals surface area contributed by atoms with E-state index in [1.165, 1.54) is 4.31 Å². The summed E-state index contributed by atoms with van der Waals surface area (Å²) in [6, 6.07) is 0. The summed E-state index contributed by atoms with van der Waals surface area (Å²) in [5.41, 5.74) is 0.805. The number of thiazole rings is 1. The van der Waals surface area contributed by atoms with Crippen molar-refractivity contribution in [3.63, 3.8) is 0 Å². The van der Waals surface area contributed by atoms with Crippen LogP contribution in [-0.2, 0) is 21.2 Å². The monoisotopic (exact) mass is 370 g/mol. The largest absolute Gasteiger partial charge is 0.340 e. The fourth-order valence-electron chi connectivity index (χ4n) is 2.61. The highest BCUT2D eigenvalue weighted by atomic mass is 32.2. The lowest BCUT2D eigenvalue weighted by molar-refractivity contribution is -0.131. The van der Waals surface area contributed by atoms with Gasteiger partial charge in [-0.2, -0.15) is 9.40 Å².